The highest BCUT2D eigenvalue weighted by Gasteiger charge is 2.20. The lowest BCUT2D eigenvalue weighted by atomic mass is 9.89. The molecular weight excluding hydrogens is 206 g/mol. The number of carbonyl (C=O) groups is 1. The van der Waals surface area contributed by atoms with Gasteiger partial charge in [0.25, 0.3) is 0 Å². The van der Waals surface area contributed by atoms with Gasteiger partial charge in [-0.3, -0.25) is 4.79 Å². The number of aromatic nitrogens is 4. The molecule has 1 N–H and O–H groups in total. The van der Waals surface area contributed by atoms with Gasteiger partial charge in [0.2, 0.25) is 5.91 Å². The number of aryl methyl sites for hydroxylation is 1. The second-order valence-corrected chi connectivity index (χ2v) is 4.25. The van der Waals surface area contributed by atoms with E-state index in [-0.39, 0.29) is 11.8 Å². The van der Waals surface area contributed by atoms with Crippen molar-refractivity contribution in [1.82, 2.24) is 25.5 Å². The second kappa shape index (κ2) is 5.05. The molecule has 0 atom stereocenters. The number of nitrogens with one attached hydrogen (secondary N) is 1. The van der Waals surface area contributed by atoms with Gasteiger partial charge in [-0.05, 0) is 18.1 Å². The minimum atomic E-state index is 0.132. The Balaban J connectivity index is 1.78. The lowest BCUT2D eigenvalue weighted by molar-refractivity contribution is -0.126. The number of amides is 1. The highest BCUT2D eigenvalue weighted by atomic mass is 16.1. The fourth-order valence-electron chi connectivity index (χ4n) is 2.07. The smallest absolute Gasteiger partial charge is 0.223 e. The van der Waals surface area contributed by atoms with Crippen molar-refractivity contribution in [3.05, 3.63) is 5.82 Å². The quantitative estimate of drug-likeness (QED) is 0.805. The third-order valence-corrected chi connectivity index (χ3v) is 2.95. The van der Waals surface area contributed by atoms with E-state index in [0.717, 1.165) is 12.8 Å². The molecule has 1 aromatic heterocycles. The Labute approximate surface area is 94.4 Å². The van der Waals surface area contributed by atoms with E-state index in [9.17, 15) is 4.79 Å². The lowest BCUT2D eigenvalue weighted by Crippen LogP contribution is -2.31. The van der Waals surface area contributed by atoms with Crippen molar-refractivity contribution in [1.29, 1.82) is 0 Å². The van der Waals surface area contributed by atoms with Gasteiger partial charge < -0.3 is 5.32 Å². The van der Waals surface area contributed by atoms with Gasteiger partial charge in [-0.25, -0.2) is 0 Å². The summed E-state index contributed by atoms with van der Waals surface area (Å²) in [5.41, 5.74) is 0. The molecule has 6 nitrogen and oxygen atoms in total. The van der Waals surface area contributed by atoms with Gasteiger partial charge in [-0.15, -0.1) is 10.2 Å². The molecular formula is C10H17N5O. The van der Waals surface area contributed by atoms with Crippen LogP contribution in [0.1, 0.15) is 37.9 Å². The molecule has 1 saturated carbocycles. The van der Waals surface area contributed by atoms with Gasteiger partial charge in [-0.2, -0.15) is 4.80 Å². The van der Waals surface area contributed by atoms with E-state index >= 15 is 0 Å². The first kappa shape index (κ1) is 11.0. The fraction of sp³-hybridized carbons (Fsp3) is 0.800. The topological polar surface area (TPSA) is 72.7 Å². The summed E-state index contributed by atoms with van der Waals surface area (Å²) in [4.78, 5) is 13.2. The molecule has 16 heavy (non-hydrogen) atoms. The van der Waals surface area contributed by atoms with Crippen molar-refractivity contribution in [2.24, 2.45) is 13.0 Å². The van der Waals surface area contributed by atoms with Crippen LogP contribution in [0, 0.1) is 5.92 Å². The number of nitrogens with zero attached hydrogens (tertiary/aromatic N) is 4. The highest BCUT2D eigenvalue weighted by Crippen LogP contribution is 2.23. The lowest BCUT2D eigenvalue weighted by Gasteiger charge is -2.20. The molecule has 1 fully saturated rings. The van der Waals surface area contributed by atoms with E-state index in [4.69, 9.17) is 0 Å². The summed E-state index contributed by atoms with van der Waals surface area (Å²) in [6.07, 6.45) is 5.62. The zero-order valence-corrected chi connectivity index (χ0v) is 9.52. The Morgan fingerprint density at radius 3 is 2.81 bits per heavy atom. The monoisotopic (exact) mass is 223 g/mol. The molecule has 1 aliphatic rings. The van der Waals surface area contributed by atoms with E-state index in [1.165, 1.54) is 24.1 Å². The molecule has 0 bridgehead atoms. The number of rotatable bonds is 3. The SMILES string of the molecule is Cn1nnc(CNC(=O)C2CCCCC2)n1. The third kappa shape index (κ3) is 2.77. The van der Waals surface area contributed by atoms with E-state index in [2.05, 4.69) is 20.7 Å². The van der Waals surface area contributed by atoms with Crippen LogP contribution in [0.4, 0.5) is 0 Å². The van der Waals surface area contributed by atoms with Gasteiger partial charge >= 0.3 is 0 Å². The summed E-state index contributed by atoms with van der Waals surface area (Å²) < 4.78 is 0. The summed E-state index contributed by atoms with van der Waals surface area (Å²) in [7, 11) is 1.71. The van der Waals surface area contributed by atoms with E-state index in [1.807, 2.05) is 0 Å². The van der Waals surface area contributed by atoms with Crippen LogP contribution < -0.4 is 5.32 Å². The van der Waals surface area contributed by atoms with Gasteiger partial charge in [0.1, 0.15) is 0 Å². The van der Waals surface area contributed by atoms with Crippen LogP contribution in [-0.2, 0) is 18.4 Å². The van der Waals surface area contributed by atoms with E-state index < -0.39 is 0 Å². The predicted molar refractivity (Wildman–Crippen MR) is 57.2 cm³/mol. The first-order valence-electron chi connectivity index (χ1n) is 5.76. The first-order chi connectivity index (χ1) is 7.75. The van der Waals surface area contributed by atoms with Crippen molar-refractivity contribution >= 4 is 5.91 Å². The van der Waals surface area contributed by atoms with Crippen molar-refractivity contribution in [3.8, 4) is 0 Å². The van der Waals surface area contributed by atoms with Crippen molar-refractivity contribution in [2.45, 2.75) is 38.6 Å². The van der Waals surface area contributed by atoms with Crippen LogP contribution >= 0.6 is 0 Å². The average Bonchev–Trinajstić information content (AvgIpc) is 2.73. The van der Waals surface area contributed by atoms with Gasteiger partial charge in [0.15, 0.2) is 5.82 Å². The number of carbonyl (C=O) groups excluding carboxylic acids is 1. The van der Waals surface area contributed by atoms with Crippen LogP contribution in [0.15, 0.2) is 0 Å². The maximum absolute atomic E-state index is 11.8. The van der Waals surface area contributed by atoms with Gasteiger partial charge in [0, 0.05) is 5.92 Å². The van der Waals surface area contributed by atoms with Crippen LogP contribution in [0.3, 0.4) is 0 Å². The van der Waals surface area contributed by atoms with Crippen molar-refractivity contribution < 1.29 is 4.79 Å². The molecule has 1 amide bonds. The number of hydrogen-bond donors (Lipinski definition) is 1. The molecule has 1 aromatic rings. The van der Waals surface area contributed by atoms with Gasteiger partial charge in [0.05, 0.1) is 13.6 Å². The fourth-order valence-corrected chi connectivity index (χ4v) is 2.07. The largest absolute Gasteiger partial charge is 0.348 e. The summed E-state index contributed by atoms with van der Waals surface area (Å²) in [6.45, 7) is 0.378. The Morgan fingerprint density at radius 1 is 1.44 bits per heavy atom. The molecule has 0 aliphatic heterocycles. The van der Waals surface area contributed by atoms with E-state index in [1.54, 1.807) is 7.05 Å². The van der Waals surface area contributed by atoms with E-state index in [0.29, 0.717) is 12.4 Å². The molecule has 88 valence electrons. The standard InChI is InChI=1S/C10H17N5O/c1-15-13-9(12-14-15)7-11-10(16)8-5-3-2-4-6-8/h8H,2-7H2,1H3,(H,11,16). The van der Waals surface area contributed by atoms with Crippen molar-refractivity contribution in [2.75, 3.05) is 0 Å². The maximum Gasteiger partial charge on any atom is 0.223 e. The molecule has 6 heteroatoms. The minimum Gasteiger partial charge on any atom is -0.348 e. The summed E-state index contributed by atoms with van der Waals surface area (Å²) >= 11 is 0. The molecule has 0 spiro atoms. The van der Waals surface area contributed by atoms with Gasteiger partial charge in [-0.1, -0.05) is 19.3 Å². The van der Waals surface area contributed by atoms with Crippen LogP contribution in [0.25, 0.3) is 0 Å². The minimum absolute atomic E-state index is 0.132. The summed E-state index contributed by atoms with van der Waals surface area (Å²) in [5.74, 6) is 0.879. The average molecular weight is 223 g/mol. The molecule has 0 radical (unpaired) electrons. The number of tetrazole rings is 1. The highest BCUT2D eigenvalue weighted by molar-refractivity contribution is 5.78. The zero-order chi connectivity index (χ0) is 11.4. The van der Waals surface area contributed by atoms with Crippen LogP contribution in [0.5, 0.6) is 0 Å². The maximum atomic E-state index is 11.8. The molecule has 0 unspecified atom stereocenters. The van der Waals surface area contributed by atoms with Crippen LogP contribution in [-0.4, -0.2) is 26.1 Å². The normalized spacial score (nSPS) is 17.3. The van der Waals surface area contributed by atoms with Crippen LogP contribution in [0.2, 0.25) is 0 Å². The Kier molecular flexibility index (Phi) is 3.48. The Morgan fingerprint density at radius 2 is 2.19 bits per heavy atom. The third-order valence-electron chi connectivity index (χ3n) is 2.95. The Bertz CT molecular complexity index is 356. The molecule has 0 aromatic carbocycles. The molecule has 1 aliphatic carbocycles. The molecule has 1 heterocycles. The molecule has 0 saturated heterocycles. The zero-order valence-electron chi connectivity index (χ0n) is 9.52. The summed E-state index contributed by atoms with van der Waals surface area (Å²) in [6, 6.07) is 0. The summed E-state index contributed by atoms with van der Waals surface area (Å²) in [5, 5.41) is 14.4. The molecule has 2 rings (SSSR count). The second-order valence-electron chi connectivity index (χ2n) is 4.25. The van der Waals surface area contributed by atoms with Crippen molar-refractivity contribution in [3.63, 3.8) is 0 Å². The first-order valence-corrected chi connectivity index (χ1v) is 5.76. The predicted octanol–water partition coefficient (Wildman–Crippen LogP) is 0.407. The number of hydrogen-bond acceptors (Lipinski definition) is 4. The Hall–Kier alpha value is -1.46.